The second-order valence-electron chi connectivity index (χ2n) is 5.96. The molecule has 1 aliphatic heterocycles. The molecule has 1 saturated heterocycles. The molecule has 1 aromatic rings. The number of aliphatic imine (C=N–C) groups is 1. The average Bonchev–Trinajstić information content (AvgIpc) is 3.05. The van der Waals surface area contributed by atoms with Gasteiger partial charge in [-0.2, -0.15) is 0 Å². The molecule has 0 radical (unpaired) electrons. The highest BCUT2D eigenvalue weighted by Crippen LogP contribution is 2.16. The lowest BCUT2D eigenvalue weighted by molar-refractivity contribution is 0.181. The lowest BCUT2D eigenvalue weighted by Crippen LogP contribution is -2.41. The number of nitrogens with zero attached hydrogens (tertiary/aromatic N) is 2. The predicted octanol–water partition coefficient (Wildman–Crippen LogP) is 2.31. The first-order valence-corrected chi connectivity index (χ1v) is 8.46. The molecule has 1 aliphatic rings. The Labute approximate surface area is 139 Å². The molecule has 1 N–H and O–H groups in total. The standard InChI is InChI=1S/C18H29N3O2/c1-4-19-18(21(3)13-16-9-11-22-14-16)20-10-12-23-17-8-6-5-7-15(17)2/h5-8,16H,4,9-14H2,1-3H3,(H,19,20). The van der Waals surface area contributed by atoms with Crippen molar-refractivity contribution in [2.75, 3.05) is 46.5 Å². The number of benzene rings is 1. The molecule has 23 heavy (non-hydrogen) atoms. The van der Waals surface area contributed by atoms with Crippen molar-refractivity contribution >= 4 is 5.96 Å². The number of rotatable bonds is 7. The zero-order chi connectivity index (χ0) is 16.5. The SMILES string of the molecule is CCNC(=NCCOc1ccccc1C)N(C)CC1CCOC1. The zero-order valence-electron chi connectivity index (χ0n) is 14.5. The molecule has 0 aliphatic carbocycles. The number of para-hydroxylation sites is 1. The van der Waals surface area contributed by atoms with Gasteiger partial charge in [-0.3, -0.25) is 0 Å². The maximum Gasteiger partial charge on any atom is 0.193 e. The summed E-state index contributed by atoms with van der Waals surface area (Å²) in [6.45, 7) is 8.96. The van der Waals surface area contributed by atoms with E-state index in [9.17, 15) is 0 Å². The summed E-state index contributed by atoms with van der Waals surface area (Å²) in [6, 6.07) is 8.06. The summed E-state index contributed by atoms with van der Waals surface area (Å²) < 4.78 is 11.3. The summed E-state index contributed by atoms with van der Waals surface area (Å²) in [7, 11) is 2.09. The van der Waals surface area contributed by atoms with Crippen molar-refractivity contribution in [1.82, 2.24) is 10.2 Å². The van der Waals surface area contributed by atoms with Crippen molar-refractivity contribution in [2.24, 2.45) is 10.9 Å². The molecule has 1 heterocycles. The molecule has 128 valence electrons. The number of hydrogen-bond donors (Lipinski definition) is 1. The Morgan fingerprint density at radius 2 is 2.26 bits per heavy atom. The minimum Gasteiger partial charge on any atom is -0.491 e. The molecule has 5 heteroatoms. The molecule has 1 unspecified atom stereocenters. The third-order valence-electron chi connectivity index (χ3n) is 3.96. The molecule has 0 saturated carbocycles. The second kappa shape index (κ2) is 9.40. The summed E-state index contributed by atoms with van der Waals surface area (Å²) in [4.78, 5) is 6.86. The van der Waals surface area contributed by atoms with Crippen LogP contribution in [0.1, 0.15) is 18.9 Å². The Kier molecular flexibility index (Phi) is 7.20. The highest BCUT2D eigenvalue weighted by molar-refractivity contribution is 5.79. The number of aryl methyl sites for hydroxylation is 1. The topological polar surface area (TPSA) is 46.1 Å². The fraction of sp³-hybridized carbons (Fsp3) is 0.611. The molecule has 0 spiro atoms. The second-order valence-corrected chi connectivity index (χ2v) is 5.96. The van der Waals surface area contributed by atoms with Crippen molar-refractivity contribution in [1.29, 1.82) is 0 Å². The fourth-order valence-electron chi connectivity index (χ4n) is 2.70. The molecular weight excluding hydrogens is 290 g/mol. The Balaban J connectivity index is 1.81. The van der Waals surface area contributed by atoms with Crippen molar-refractivity contribution < 1.29 is 9.47 Å². The molecule has 0 aromatic heterocycles. The van der Waals surface area contributed by atoms with Crippen molar-refractivity contribution in [2.45, 2.75) is 20.3 Å². The van der Waals surface area contributed by atoms with Crippen LogP contribution in [-0.2, 0) is 4.74 Å². The van der Waals surface area contributed by atoms with E-state index in [1.807, 2.05) is 18.2 Å². The maximum atomic E-state index is 5.81. The third-order valence-corrected chi connectivity index (χ3v) is 3.96. The van der Waals surface area contributed by atoms with Gasteiger partial charge in [-0.05, 0) is 31.9 Å². The van der Waals surface area contributed by atoms with Crippen LogP contribution in [0.15, 0.2) is 29.3 Å². The van der Waals surface area contributed by atoms with Gasteiger partial charge in [-0.15, -0.1) is 0 Å². The fourth-order valence-corrected chi connectivity index (χ4v) is 2.70. The summed E-state index contributed by atoms with van der Waals surface area (Å²) in [5, 5.41) is 3.35. The minimum absolute atomic E-state index is 0.583. The number of guanidine groups is 1. The Hall–Kier alpha value is -1.75. The summed E-state index contributed by atoms with van der Waals surface area (Å²) in [6.07, 6.45) is 1.14. The van der Waals surface area contributed by atoms with Gasteiger partial charge in [0.25, 0.3) is 0 Å². The summed E-state index contributed by atoms with van der Waals surface area (Å²) in [5.74, 6) is 2.48. The largest absolute Gasteiger partial charge is 0.491 e. The lowest BCUT2D eigenvalue weighted by Gasteiger charge is -2.24. The first-order chi connectivity index (χ1) is 11.2. The van der Waals surface area contributed by atoms with Gasteiger partial charge in [0.2, 0.25) is 0 Å². The Morgan fingerprint density at radius 1 is 1.43 bits per heavy atom. The van der Waals surface area contributed by atoms with E-state index < -0.39 is 0 Å². The van der Waals surface area contributed by atoms with E-state index >= 15 is 0 Å². The zero-order valence-corrected chi connectivity index (χ0v) is 14.5. The number of hydrogen-bond acceptors (Lipinski definition) is 3. The highest BCUT2D eigenvalue weighted by Gasteiger charge is 2.18. The number of nitrogens with one attached hydrogen (secondary N) is 1. The van der Waals surface area contributed by atoms with Gasteiger partial charge in [-0.25, -0.2) is 4.99 Å². The van der Waals surface area contributed by atoms with E-state index in [4.69, 9.17) is 9.47 Å². The first kappa shape index (κ1) is 17.6. The lowest BCUT2D eigenvalue weighted by atomic mass is 10.1. The summed E-state index contributed by atoms with van der Waals surface area (Å²) >= 11 is 0. The van der Waals surface area contributed by atoms with Gasteiger partial charge in [-0.1, -0.05) is 18.2 Å². The quantitative estimate of drug-likeness (QED) is 0.476. The molecular formula is C18H29N3O2. The molecule has 0 amide bonds. The molecule has 0 bridgehead atoms. The van der Waals surface area contributed by atoms with Crippen LogP contribution in [0.4, 0.5) is 0 Å². The van der Waals surface area contributed by atoms with Gasteiger partial charge < -0.3 is 19.7 Å². The Morgan fingerprint density at radius 3 is 2.96 bits per heavy atom. The van der Waals surface area contributed by atoms with E-state index in [1.54, 1.807) is 0 Å². The van der Waals surface area contributed by atoms with E-state index in [1.165, 1.54) is 0 Å². The average molecular weight is 319 g/mol. The van der Waals surface area contributed by atoms with Crippen LogP contribution in [0.3, 0.4) is 0 Å². The van der Waals surface area contributed by atoms with Gasteiger partial charge in [0.05, 0.1) is 13.2 Å². The van der Waals surface area contributed by atoms with Gasteiger partial charge in [0.1, 0.15) is 12.4 Å². The van der Waals surface area contributed by atoms with Crippen molar-refractivity contribution in [3.05, 3.63) is 29.8 Å². The van der Waals surface area contributed by atoms with Crippen molar-refractivity contribution in [3.8, 4) is 5.75 Å². The van der Waals surface area contributed by atoms with E-state index in [2.05, 4.69) is 42.2 Å². The van der Waals surface area contributed by atoms with Crippen LogP contribution in [0.25, 0.3) is 0 Å². The normalized spacial score (nSPS) is 18.0. The number of ether oxygens (including phenoxy) is 2. The third kappa shape index (κ3) is 5.75. The van der Waals surface area contributed by atoms with Gasteiger partial charge in [0.15, 0.2) is 5.96 Å². The van der Waals surface area contributed by atoms with Crippen LogP contribution in [-0.4, -0.2) is 57.4 Å². The van der Waals surface area contributed by atoms with Crippen LogP contribution in [0.2, 0.25) is 0 Å². The van der Waals surface area contributed by atoms with E-state index in [-0.39, 0.29) is 0 Å². The highest BCUT2D eigenvalue weighted by atomic mass is 16.5. The van der Waals surface area contributed by atoms with Crippen LogP contribution < -0.4 is 10.1 Å². The van der Waals surface area contributed by atoms with Crippen molar-refractivity contribution in [3.63, 3.8) is 0 Å². The van der Waals surface area contributed by atoms with E-state index in [0.717, 1.165) is 50.0 Å². The predicted molar refractivity (Wildman–Crippen MR) is 94.2 cm³/mol. The molecule has 5 nitrogen and oxygen atoms in total. The molecule has 1 fully saturated rings. The van der Waals surface area contributed by atoms with Crippen LogP contribution in [0.5, 0.6) is 5.75 Å². The monoisotopic (exact) mass is 319 g/mol. The Bertz CT molecular complexity index is 499. The molecule has 2 rings (SSSR count). The minimum atomic E-state index is 0.583. The van der Waals surface area contributed by atoms with Crippen LogP contribution >= 0.6 is 0 Å². The van der Waals surface area contributed by atoms with Gasteiger partial charge >= 0.3 is 0 Å². The first-order valence-electron chi connectivity index (χ1n) is 8.46. The summed E-state index contributed by atoms with van der Waals surface area (Å²) in [5.41, 5.74) is 1.15. The molecule has 1 aromatic carbocycles. The van der Waals surface area contributed by atoms with Crippen LogP contribution in [0, 0.1) is 12.8 Å². The van der Waals surface area contributed by atoms with Gasteiger partial charge in [0, 0.05) is 32.7 Å². The smallest absolute Gasteiger partial charge is 0.193 e. The molecule has 1 atom stereocenters. The van der Waals surface area contributed by atoms with E-state index in [0.29, 0.717) is 19.1 Å². The maximum absolute atomic E-state index is 5.81.